The second-order valence-corrected chi connectivity index (χ2v) is 4.77. The smallest absolute Gasteiger partial charge is 0.326 e. The van der Waals surface area contributed by atoms with Crippen molar-refractivity contribution in [3.8, 4) is 0 Å². The van der Waals surface area contributed by atoms with Gasteiger partial charge in [-0.2, -0.15) is 0 Å². The van der Waals surface area contributed by atoms with Crippen molar-refractivity contribution < 1.29 is 19.8 Å². The first-order chi connectivity index (χ1) is 9.49. The van der Waals surface area contributed by atoms with E-state index in [9.17, 15) is 19.5 Å². The minimum atomic E-state index is -1.12. The van der Waals surface area contributed by atoms with E-state index < -0.39 is 18.1 Å². The van der Waals surface area contributed by atoms with Gasteiger partial charge < -0.3 is 19.7 Å². The summed E-state index contributed by atoms with van der Waals surface area (Å²) in [5.74, 6) is -1.49. The molecule has 20 heavy (non-hydrogen) atoms. The Morgan fingerprint density at radius 1 is 1.35 bits per heavy atom. The number of pyridine rings is 1. The van der Waals surface area contributed by atoms with Gasteiger partial charge in [0.15, 0.2) is 0 Å². The highest BCUT2D eigenvalue weighted by Gasteiger charge is 2.38. The molecule has 1 amide bonds. The summed E-state index contributed by atoms with van der Waals surface area (Å²) in [6.07, 6.45) is 0.843. The average molecular weight is 280 g/mol. The first-order valence-corrected chi connectivity index (χ1v) is 6.35. The number of β-amino-alcohol motifs (C(OH)–C–C–N with tert-alkyl or cyclic N) is 1. The van der Waals surface area contributed by atoms with E-state index in [1.165, 1.54) is 15.5 Å². The number of hydrogen-bond donors (Lipinski definition) is 2. The highest BCUT2D eigenvalue weighted by molar-refractivity contribution is 5.84. The second-order valence-electron chi connectivity index (χ2n) is 4.77. The average Bonchev–Trinajstić information content (AvgIpc) is 2.80. The number of amides is 1. The lowest BCUT2D eigenvalue weighted by atomic mass is 10.2. The van der Waals surface area contributed by atoms with E-state index in [1.54, 1.807) is 18.3 Å². The molecule has 1 aromatic heterocycles. The van der Waals surface area contributed by atoms with Crippen molar-refractivity contribution in [2.24, 2.45) is 0 Å². The van der Waals surface area contributed by atoms with Gasteiger partial charge in [-0.25, -0.2) is 4.79 Å². The highest BCUT2D eigenvalue weighted by Crippen LogP contribution is 2.19. The first-order valence-electron chi connectivity index (χ1n) is 6.35. The summed E-state index contributed by atoms with van der Waals surface area (Å²) in [5, 5.41) is 18.5. The van der Waals surface area contributed by atoms with E-state index in [0.29, 0.717) is 0 Å². The van der Waals surface area contributed by atoms with E-state index in [-0.39, 0.29) is 37.4 Å². The lowest BCUT2D eigenvalue weighted by molar-refractivity contribution is -0.148. The fourth-order valence-electron chi connectivity index (χ4n) is 2.33. The van der Waals surface area contributed by atoms with E-state index in [4.69, 9.17) is 5.11 Å². The van der Waals surface area contributed by atoms with Crippen LogP contribution in [0.4, 0.5) is 0 Å². The Bertz CT molecular complexity index is 568. The predicted octanol–water partition coefficient (Wildman–Crippen LogP) is -0.715. The van der Waals surface area contributed by atoms with Gasteiger partial charge in [0.25, 0.3) is 5.56 Å². The van der Waals surface area contributed by atoms with Gasteiger partial charge in [0.1, 0.15) is 6.04 Å². The van der Waals surface area contributed by atoms with Gasteiger partial charge in [0, 0.05) is 38.2 Å². The van der Waals surface area contributed by atoms with Crippen LogP contribution < -0.4 is 5.56 Å². The third kappa shape index (κ3) is 3.05. The number of aromatic nitrogens is 1. The van der Waals surface area contributed by atoms with Crippen molar-refractivity contribution in [1.29, 1.82) is 0 Å². The maximum atomic E-state index is 12.0. The lowest BCUT2D eigenvalue weighted by Gasteiger charge is -2.21. The van der Waals surface area contributed by atoms with Crippen molar-refractivity contribution in [1.82, 2.24) is 9.47 Å². The molecule has 0 aliphatic carbocycles. The third-order valence-electron chi connectivity index (χ3n) is 3.35. The molecular formula is C13H16N2O5. The Morgan fingerprint density at radius 2 is 2.10 bits per heavy atom. The van der Waals surface area contributed by atoms with Crippen LogP contribution in [0, 0.1) is 0 Å². The summed E-state index contributed by atoms with van der Waals surface area (Å²) < 4.78 is 1.39. The van der Waals surface area contributed by atoms with Gasteiger partial charge in [0.2, 0.25) is 5.91 Å². The zero-order valence-electron chi connectivity index (χ0n) is 10.8. The van der Waals surface area contributed by atoms with Crippen LogP contribution in [0.3, 0.4) is 0 Å². The Labute approximate surface area is 115 Å². The molecule has 0 bridgehead atoms. The van der Waals surface area contributed by atoms with Gasteiger partial charge in [-0.15, -0.1) is 0 Å². The van der Waals surface area contributed by atoms with E-state index in [2.05, 4.69) is 0 Å². The lowest BCUT2D eigenvalue weighted by Crippen LogP contribution is -2.41. The summed E-state index contributed by atoms with van der Waals surface area (Å²) in [5.41, 5.74) is -0.212. The zero-order chi connectivity index (χ0) is 14.7. The monoisotopic (exact) mass is 280 g/mol. The Balaban J connectivity index is 2.00. The van der Waals surface area contributed by atoms with Crippen LogP contribution in [-0.4, -0.2) is 50.2 Å². The predicted molar refractivity (Wildman–Crippen MR) is 69.1 cm³/mol. The van der Waals surface area contributed by atoms with Crippen LogP contribution in [0.1, 0.15) is 12.8 Å². The number of rotatable bonds is 4. The molecule has 7 heteroatoms. The van der Waals surface area contributed by atoms with E-state index in [0.717, 1.165) is 0 Å². The molecule has 0 saturated carbocycles. The van der Waals surface area contributed by atoms with Crippen LogP contribution in [0.15, 0.2) is 29.2 Å². The van der Waals surface area contributed by atoms with Crippen LogP contribution in [0.2, 0.25) is 0 Å². The van der Waals surface area contributed by atoms with Crippen molar-refractivity contribution in [3.63, 3.8) is 0 Å². The van der Waals surface area contributed by atoms with Crippen molar-refractivity contribution in [2.45, 2.75) is 31.5 Å². The van der Waals surface area contributed by atoms with E-state index >= 15 is 0 Å². The Morgan fingerprint density at radius 3 is 2.75 bits per heavy atom. The molecule has 0 spiro atoms. The molecule has 0 unspecified atom stereocenters. The van der Waals surface area contributed by atoms with Crippen LogP contribution in [-0.2, 0) is 16.1 Å². The molecule has 1 aromatic rings. The number of carboxylic acid groups (broad SMARTS) is 1. The van der Waals surface area contributed by atoms with Crippen molar-refractivity contribution in [3.05, 3.63) is 34.7 Å². The molecule has 2 rings (SSSR count). The summed E-state index contributed by atoms with van der Waals surface area (Å²) >= 11 is 0. The standard InChI is InChI=1S/C13H16N2O5/c16-9-7-10(13(19)20)15(8-9)12(18)4-6-14-5-2-1-3-11(14)17/h1-3,5,9-10,16H,4,6-8H2,(H,19,20)/t9-,10-/m1/s1. The normalized spacial score (nSPS) is 21.9. The number of carbonyl (C=O) groups is 2. The number of carbonyl (C=O) groups excluding carboxylic acids is 1. The van der Waals surface area contributed by atoms with Crippen molar-refractivity contribution >= 4 is 11.9 Å². The molecule has 0 radical (unpaired) electrons. The number of aliphatic carboxylic acids is 1. The first kappa shape index (κ1) is 14.3. The number of likely N-dealkylation sites (tertiary alicyclic amines) is 1. The van der Waals surface area contributed by atoms with Crippen molar-refractivity contribution in [2.75, 3.05) is 6.54 Å². The topological polar surface area (TPSA) is 99.8 Å². The maximum Gasteiger partial charge on any atom is 0.326 e. The molecule has 2 heterocycles. The van der Waals surface area contributed by atoms with Crippen LogP contribution in [0.5, 0.6) is 0 Å². The highest BCUT2D eigenvalue weighted by atomic mass is 16.4. The molecule has 108 valence electrons. The molecule has 1 saturated heterocycles. The summed E-state index contributed by atoms with van der Waals surface area (Å²) in [6, 6.07) is 3.71. The van der Waals surface area contributed by atoms with Gasteiger partial charge in [-0.1, -0.05) is 6.07 Å². The molecular weight excluding hydrogens is 264 g/mol. The maximum absolute atomic E-state index is 12.0. The number of aliphatic hydroxyl groups excluding tert-OH is 1. The molecule has 0 aromatic carbocycles. The van der Waals surface area contributed by atoms with E-state index in [1.807, 2.05) is 0 Å². The zero-order valence-corrected chi connectivity index (χ0v) is 10.8. The summed E-state index contributed by atoms with van der Waals surface area (Å²) in [7, 11) is 0. The summed E-state index contributed by atoms with van der Waals surface area (Å²) in [6.45, 7) is 0.219. The molecule has 7 nitrogen and oxygen atoms in total. The fourth-order valence-corrected chi connectivity index (χ4v) is 2.33. The van der Waals surface area contributed by atoms with Gasteiger partial charge in [-0.3, -0.25) is 9.59 Å². The third-order valence-corrected chi connectivity index (χ3v) is 3.35. The second kappa shape index (κ2) is 5.87. The molecule has 1 fully saturated rings. The molecule has 2 atom stereocenters. The number of aryl methyl sites for hydroxylation is 1. The summed E-state index contributed by atoms with van der Waals surface area (Å²) in [4.78, 5) is 35.7. The van der Waals surface area contributed by atoms with Gasteiger partial charge in [-0.05, 0) is 6.07 Å². The van der Waals surface area contributed by atoms with Gasteiger partial charge >= 0.3 is 5.97 Å². The number of aliphatic hydroxyl groups is 1. The quantitative estimate of drug-likeness (QED) is 0.758. The Hall–Kier alpha value is -2.15. The molecule has 1 aliphatic heterocycles. The van der Waals surface area contributed by atoms with Crippen LogP contribution >= 0.6 is 0 Å². The van der Waals surface area contributed by atoms with Crippen LogP contribution in [0.25, 0.3) is 0 Å². The minimum absolute atomic E-state index is 0.0273. The fraction of sp³-hybridized carbons (Fsp3) is 0.462. The number of hydrogen-bond acceptors (Lipinski definition) is 4. The molecule has 1 aliphatic rings. The van der Waals surface area contributed by atoms with Gasteiger partial charge in [0.05, 0.1) is 6.10 Å². The SMILES string of the molecule is O=C(O)[C@H]1C[C@@H](O)CN1C(=O)CCn1ccccc1=O. The number of nitrogens with zero attached hydrogens (tertiary/aromatic N) is 2. The minimum Gasteiger partial charge on any atom is -0.480 e. The Kier molecular flexibility index (Phi) is 4.19. The largest absolute Gasteiger partial charge is 0.480 e. The number of carboxylic acids is 1. The molecule has 2 N–H and O–H groups in total.